The molecule has 3 aromatic heterocycles. The van der Waals surface area contributed by atoms with Crippen LogP contribution in [0.5, 0.6) is 0 Å². The maximum Gasteiger partial charge on any atom is 0.303 e. The first-order valence-electron chi connectivity index (χ1n) is 13.6. The zero-order valence-corrected chi connectivity index (χ0v) is 28.2. The lowest BCUT2D eigenvalue weighted by molar-refractivity contribution is -0.138. The number of aryl methyl sites for hydroxylation is 2. The number of carboxylic acids is 2. The van der Waals surface area contributed by atoms with E-state index in [1.54, 1.807) is 36.4 Å². The zero-order valence-electron chi connectivity index (χ0n) is 24.1. The highest BCUT2D eigenvalue weighted by molar-refractivity contribution is 7.91. The van der Waals surface area contributed by atoms with Crippen LogP contribution >= 0.6 is 34.0 Å². The predicted octanol–water partition coefficient (Wildman–Crippen LogP) is 7.38. The van der Waals surface area contributed by atoms with Crippen LogP contribution in [0.3, 0.4) is 0 Å². The number of carbonyl (C=O) groups is 2. The Kier molecular flexibility index (Phi) is 9.47. The lowest BCUT2D eigenvalue weighted by Crippen LogP contribution is -1.97. The smallest absolute Gasteiger partial charge is 0.303 e. The number of rotatable bonds is 12. The Morgan fingerprint density at radius 1 is 0.578 bits per heavy atom. The highest BCUT2D eigenvalue weighted by Crippen LogP contribution is 2.47. The minimum atomic E-state index is -3.42. The Balaban J connectivity index is 1.57. The number of sulfone groups is 2. The van der Waals surface area contributed by atoms with E-state index in [0.29, 0.717) is 12.8 Å². The van der Waals surface area contributed by atoms with Crippen molar-refractivity contribution in [1.82, 2.24) is 0 Å². The van der Waals surface area contributed by atoms with Gasteiger partial charge in [-0.25, -0.2) is 16.8 Å². The standard InChI is InChI=1S/C32H28O8S5/c1-44(37,38)23-7-3-5-19(15-23)27-17-21(9-13-29(33)34)31(42-27)25-11-12-26(41-25)32-22(10-14-30(35)36)18-28(43-32)20-6-4-8-24(16-20)45(2,39)40/h3-8,11-12,15-18H,9-10,13-14H2,1-2H3,(H,33,34)(H,35,36). The topological polar surface area (TPSA) is 143 Å². The van der Waals surface area contributed by atoms with Gasteiger partial charge in [0.2, 0.25) is 0 Å². The van der Waals surface area contributed by atoms with Crippen LogP contribution in [0.15, 0.2) is 82.6 Å². The number of hydrogen-bond donors (Lipinski definition) is 2. The second kappa shape index (κ2) is 13.0. The molecule has 5 aromatic rings. The summed E-state index contributed by atoms with van der Waals surface area (Å²) in [5.41, 5.74) is 3.12. The van der Waals surface area contributed by atoms with E-state index in [0.717, 1.165) is 64.0 Å². The molecule has 0 aliphatic carbocycles. The minimum absolute atomic E-state index is 0.0645. The Morgan fingerprint density at radius 2 is 0.978 bits per heavy atom. The highest BCUT2D eigenvalue weighted by Gasteiger charge is 2.20. The molecular formula is C32H28O8S5. The third kappa shape index (κ3) is 7.79. The SMILES string of the molecule is CS(=O)(=O)c1cccc(-c2cc(CCC(=O)O)c(-c3ccc(-c4sc(-c5cccc(S(C)(=O)=O)c5)cc4CCC(=O)O)s3)s2)c1. The van der Waals surface area contributed by atoms with Crippen LogP contribution in [0.25, 0.3) is 40.4 Å². The van der Waals surface area contributed by atoms with Crippen LogP contribution in [0.2, 0.25) is 0 Å². The fourth-order valence-electron chi connectivity index (χ4n) is 4.76. The molecule has 0 unspecified atom stereocenters. The van der Waals surface area contributed by atoms with Crippen molar-refractivity contribution < 1.29 is 36.6 Å². The fraction of sp³-hybridized carbons (Fsp3) is 0.188. The molecule has 0 spiro atoms. The molecule has 8 nitrogen and oxygen atoms in total. The summed E-state index contributed by atoms with van der Waals surface area (Å²) in [6.07, 6.45) is 2.77. The molecule has 0 saturated heterocycles. The van der Waals surface area contributed by atoms with Crippen LogP contribution in [-0.4, -0.2) is 51.5 Å². The average Bonchev–Trinajstić information content (AvgIpc) is 3.72. The molecular weight excluding hydrogens is 673 g/mol. The summed E-state index contributed by atoms with van der Waals surface area (Å²) in [4.78, 5) is 28.5. The van der Waals surface area contributed by atoms with Crippen LogP contribution in [0.1, 0.15) is 24.0 Å². The summed E-state index contributed by atoms with van der Waals surface area (Å²) >= 11 is 4.42. The van der Waals surface area contributed by atoms with Crippen molar-refractivity contribution in [2.45, 2.75) is 35.5 Å². The van der Waals surface area contributed by atoms with E-state index in [-0.39, 0.29) is 22.6 Å². The van der Waals surface area contributed by atoms with E-state index in [9.17, 15) is 36.6 Å². The summed E-state index contributed by atoms with van der Waals surface area (Å²) in [5, 5.41) is 18.8. The molecule has 2 N–H and O–H groups in total. The van der Waals surface area contributed by atoms with E-state index >= 15 is 0 Å². The van der Waals surface area contributed by atoms with Crippen LogP contribution in [-0.2, 0) is 42.1 Å². The molecule has 0 fully saturated rings. The van der Waals surface area contributed by atoms with Crippen molar-refractivity contribution in [3.63, 3.8) is 0 Å². The minimum Gasteiger partial charge on any atom is -0.481 e. The maximum absolute atomic E-state index is 12.2. The number of carboxylic acid groups (broad SMARTS) is 2. The van der Waals surface area contributed by atoms with Gasteiger partial charge in [-0.1, -0.05) is 24.3 Å². The average molecular weight is 701 g/mol. The molecule has 13 heteroatoms. The summed E-state index contributed by atoms with van der Waals surface area (Å²) < 4.78 is 48.7. The molecule has 2 aromatic carbocycles. The van der Waals surface area contributed by atoms with E-state index in [2.05, 4.69) is 0 Å². The van der Waals surface area contributed by atoms with Gasteiger partial charge in [-0.2, -0.15) is 0 Å². The fourth-order valence-corrected chi connectivity index (χ4v) is 9.80. The lowest BCUT2D eigenvalue weighted by Gasteiger charge is -2.01. The molecule has 0 aliphatic rings. The maximum atomic E-state index is 12.2. The first-order chi connectivity index (χ1) is 21.2. The third-order valence-corrected chi connectivity index (χ3v) is 13.1. The Morgan fingerprint density at radius 3 is 1.33 bits per heavy atom. The first kappa shape index (κ1) is 32.8. The van der Waals surface area contributed by atoms with Crippen molar-refractivity contribution in [3.05, 3.63) is 83.9 Å². The van der Waals surface area contributed by atoms with Crippen molar-refractivity contribution in [1.29, 1.82) is 0 Å². The molecule has 0 atom stereocenters. The van der Waals surface area contributed by atoms with Gasteiger partial charge in [0.1, 0.15) is 0 Å². The highest BCUT2D eigenvalue weighted by atomic mass is 32.2. The molecule has 3 heterocycles. The van der Waals surface area contributed by atoms with Gasteiger partial charge in [0, 0.05) is 54.6 Å². The van der Waals surface area contributed by atoms with Crippen LogP contribution < -0.4 is 0 Å². The Bertz CT molecular complexity index is 1980. The zero-order chi connectivity index (χ0) is 32.5. The molecule has 0 aliphatic heterocycles. The molecule has 0 saturated carbocycles. The first-order valence-corrected chi connectivity index (χ1v) is 19.8. The molecule has 0 amide bonds. The molecule has 234 valence electrons. The van der Waals surface area contributed by atoms with Crippen molar-refractivity contribution in [3.8, 4) is 40.4 Å². The van der Waals surface area contributed by atoms with Crippen LogP contribution in [0, 0.1) is 0 Å². The third-order valence-electron chi connectivity index (χ3n) is 6.98. The van der Waals surface area contributed by atoms with E-state index < -0.39 is 31.6 Å². The van der Waals surface area contributed by atoms with Gasteiger partial charge in [0.25, 0.3) is 0 Å². The summed E-state index contributed by atoms with van der Waals surface area (Å²) in [6, 6.07) is 21.1. The number of aliphatic carboxylic acids is 2. The largest absolute Gasteiger partial charge is 0.481 e. The van der Waals surface area contributed by atoms with Crippen molar-refractivity contribution in [2.24, 2.45) is 0 Å². The summed E-state index contributed by atoms with van der Waals surface area (Å²) in [7, 11) is -6.83. The number of hydrogen-bond acceptors (Lipinski definition) is 9. The van der Waals surface area contributed by atoms with Gasteiger partial charge in [-0.3, -0.25) is 9.59 Å². The van der Waals surface area contributed by atoms with E-state index in [4.69, 9.17) is 0 Å². The number of thiophene rings is 3. The monoisotopic (exact) mass is 700 g/mol. The Labute approximate surface area is 273 Å². The normalized spacial score (nSPS) is 12.0. The van der Waals surface area contributed by atoms with Gasteiger partial charge in [0.05, 0.1) is 9.79 Å². The quantitative estimate of drug-likeness (QED) is 0.137. The second-order valence-corrected chi connectivity index (χ2v) is 17.7. The molecule has 45 heavy (non-hydrogen) atoms. The van der Waals surface area contributed by atoms with Gasteiger partial charge in [-0.05, 0) is 83.6 Å². The Hall–Kier alpha value is -3.62. The lowest BCUT2D eigenvalue weighted by atomic mass is 10.1. The summed E-state index contributed by atoms with van der Waals surface area (Å²) in [5.74, 6) is -1.84. The van der Waals surface area contributed by atoms with Gasteiger partial charge >= 0.3 is 11.9 Å². The predicted molar refractivity (Wildman–Crippen MR) is 180 cm³/mol. The van der Waals surface area contributed by atoms with Gasteiger partial charge in [-0.15, -0.1) is 34.0 Å². The van der Waals surface area contributed by atoms with E-state index in [1.165, 1.54) is 34.0 Å². The molecule has 0 bridgehead atoms. The number of benzene rings is 2. The van der Waals surface area contributed by atoms with Crippen molar-refractivity contribution >= 4 is 65.6 Å². The molecule has 5 rings (SSSR count). The van der Waals surface area contributed by atoms with E-state index in [1.807, 2.05) is 36.4 Å². The second-order valence-electron chi connectivity index (χ2n) is 10.5. The van der Waals surface area contributed by atoms with Gasteiger partial charge < -0.3 is 10.2 Å². The summed E-state index contributed by atoms with van der Waals surface area (Å²) in [6.45, 7) is 0. The van der Waals surface area contributed by atoms with Gasteiger partial charge in [0.15, 0.2) is 19.7 Å². The van der Waals surface area contributed by atoms with Crippen LogP contribution in [0.4, 0.5) is 0 Å². The molecule has 0 radical (unpaired) electrons. The van der Waals surface area contributed by atoms with Crippen molar-refractivity contribution in [2.75, 3.05) is 12.5 Å².